The third-order valence-corrected chi connectivity index (χ3v) is 5.29. The van der Waals surface area contributed by atoms with Crippen molar-refractivity contribution in [3.8, 4) is 0 Å². The Balaban J connectivity index is 1.89. The fourth-order valence-electron chi connectivity index (χ4n) is 2.22. The van der Waals surface area contributed by atoms with Crippen molar-refractivity contribution in [2.45, 2.75) is 11.4 Å². The topological polar surface area (TPSA) is 118 Å². The van der Waals surface area contributed by atoms with Crippen molar-refractivity contribution in [3.63, 3.8) is 0 Å². The Bertz CT molecular complexity index is 1030. The number of fused-ring (bicyclic) bond motifs is 1. The first-order chi connectivity index (χ1) is 11.4. The molecule has 0 spiro atoms. The third-order valence-electron chi connectivity index (χ3n) is 3.40. The van der Waals surface area contributed by atoms with Crippen molar-refractivity contribution in [2.75, 3.05) is 0 Å². The van der Waals surface area contributed by atoms with Crippen molar-refractivity contribution < 1.29 is 13.3 Å². The van der Waals surface area contributed by atoms with Gasteiger partial charge in [-0.05, 0) is 23.8 Å². The van der Waals surface area contributed by atoms with Gasteiger partial charge in [0.2, 0.25) is 10.0 Å². The molecule has 8 nitrogen and oxygen atoms in total. The quantitative estimate of drug-likeness (QED) is 0.531. The molecule has 3 aromatic rings. The lowest BCUT2D eigenvalue weighted by Crippen LogP contribution is -2.23. The van der Waals surface area contributed by atoms with Crippen LogP contribution in [0.3, 0.4) is 0 Å². The number of hydrogen-bond acceptors (Lipinski definition) is 5. The first-order valence-electron chi connectivity index (χ1n) is 6.73. The SMILES string of the molecule is O=[N+]([O-])c1ccc(Cl)c(S(=O)(=O)NCc2c[nH]c3ncccc23)c1. The van der Waals surface area contributed by atoms with E-state index in [9.17, 15) is 18.5 Å². The van der Waals surface area contributed by atoms with Crippen LogP contribution in [0.5, 0.6) is 0 Å². The number of sulfonamides is 1. The molecular formula is C14H11ClN4O4S. The molecule has 0 aliphatic heterocycles. The summed E-state index contributed by atoms with van der Waals surface area (Å²) in [5.41, 5.74) is 0.986. The zero-order valence-corrected chi connectivity index (χ0v) is 13.6. The van der Waals surface area contributed by atoms with E-state index in [2.05, 4.69) is 14.7 Å². The van der Waals surface area contributed by atoms with Crippen molar-refractivity contribution in [3.05, 3.63) is 63.4 Å². The van der Waals surface area contributed by atoms with Crippen LogP contribution in [0.25, 0.3) is 11.0 Å². The van der Waals surface area contributed by atoms with Gasteiger partial charge >= 0.3 is 0 Å². The normalized spacial score (nSPS) is 11.7. The number of non-ortho nitro benzene ring substituents is 1. The minimum Gasteiger partial charge on any atom is -0.346 e. The molecular weight excluding hydrogens is 356 g/mol. The zero-order chi connectivity index (χ0) is 17.3. The van der Waals surface area contributed by atoms with Gasteiger partial charge in [0, 0.05) is 36.5 Å². The molecule has 3 rings (SSSR count). The average Bonchev–Trinajstić information content (AvgIpc) is 2.96. The highest BCUT2D eigenvalue weighted by atomic mass is 35.5. The maximum Gasteiger partial charge on any atom is 0.270 e. The molecule has 0 fully saturated rings. The number of nitrogens with zero attached hydrogens (tertiary/aromatic N) is 2. The highest BCUT2D eigenvalue weighted by Gasteiger charge is 2.21. The van der Waals surface area contributed by atoms with Crippen molar-refractivity contribution >= 4 is 38.3 Å². The lowest BCUT2D eigenvalue weighted by molar-refractivity contribution is -0.385. The van der Waals surface area contributed by atoms with E-state index in [4.69, 9.17) is 11.6 Å². The second-order valence-electron chi connectivity index (χ2n) is 4.91. The van der Waals surface area contributed by atoms with Gasteiger partial charge in [0.15, 0.2) is 0 Å². The predicted molar refractivity (Wildman–Crippen MR) is 88.2 cm³/mol. The molecule has 24 heavy (non-hydrogen) atoms. The van der Waals surface area contributed by atoms with E-state index in [-0.39, 0.29) is 22.2 Å². The molecule has 2 N–H and O–H groups in total. The van der Waals surface area contributed by atoms with Gasteiger partial charge < -0.3 is 4.98 Å². The highest BCUT2D eigenvalue weighted by molar-refractivity contribution is 7.89. The summed E-state index contributed by atoms with van der Waals surface area (Å²) in [6.45, 7) is -0.00690. The molecule has 124 valence electrons. The van der Waals surface area contributed by atoms with Crippen LogP contribution >= 0.6 is 11.6 Å². The second kappa shape index (κ2) is 6.19. The fourth-order valence-corrected chi connectivity index (χ4v) is 3.74. The third kappa shape index (κ3) is 3.09. The molecule has 0 aliphatic carbocycles. The minimum atomic E-state index is -4.01. The maximum atomic E-state index is 12.4. The van der Waals surface area contributed by atoms with Gasteiger partial charge in [0.05, 0.1) is 9.95 Å². The number of nitro benzene ring substituents is 1. The van der Waals surface area contributed by atoms with E-state index in [1.54, 1.807) is 18.5 Å². The molecule has 0 saturated heterocycles. The number of aromatic amines is 1. The Morgan fingerprint density at radius 2 is 2.12 bits per heavy atom. The van der Waals surface area contributed by atoms with Crippen LogP contribution in [-0.4, -0.2) is 23.3 Å². The summed E-state index contributed by atoms with van der Waals surface area (Å²) in [6.07, 6.45) is 3.27. The summed E-state index contributed by atoms with van der Waals surface area (Å²) in [7, 11) is -4.01. The average molecular weight is 367 g/mol. The number of pyridine rings is 1. The summed E-state index contributed by atoms with van der Waals surface area (Å²) in [5, 5.41) is 11.5. The number of halogens is 1. The lowest BCUT2D eigenvalue weighted by atomic mass is 10.2. The Morgan fingerprint density at radius 3 is 2.88 bits per heavy atom. The van der Waals surface area contributed by atoms with Crippen LogP contribution in [0, 0.1) is 10.1 Å². The molecule has 2 aromatic heterocycles. The van der Waals surface area contributed by atoms with Crippen LogP contribution in [0.1, 0.15) is 5.56 Å². The molecule has 0 amide bonds. The van der Waals surface area contributed by atoms with E-state index in [0.717, 1.165) is 17.5 Å². The number of nitro groups is 1. The number of benzene rings is 1. The van der Waals surface area contributed by atoms with Gasteiger partial charge in [-0.25, -0.2) is 18.1 Å². The Labute approximate surface area is 141 Å². The largest absolute Gasteiger partial charge is 0.346 e. The van der Waals surface area contributed by atoms with Crippen molar-refractivity contribution in [2.24, 2.45) is 0 Å². The smallest absolute Gasteiger partial charge is 0.270 e. The molecule has 0 radical (unpaired) electrons. The van der Waals surface area contributed by atoms with Crippen LogP contribution in [0.15, 0.2) is 47.6 Å². The number of nitrogens with one attached hydrogen (secondary N) is 2. The van der Waals surface area contributed by atoms with Gasteiger partial charge in [0.1, 0.15) is 10.5 Å². The Morgan fingerprint density at radius 1 is 1.33 bits per heavy atom. The molecule has 1 aromatic carbocycles. The first-order valence-corrected chi connectivity index (χ1v) is 8.59. The monoisotopic (exact) mass is 366 g/mol. The van der Waals surface area contributed by atoms with Gasteiger partial charge in [-0.1, -0.05) is 11.6 Å². The standard InChI is InChI=1S/C14H11ClN4O4S/c15-12-4-3-10(19(20)21)6-13(12)24(22,23)18-8-9-7-17-14-11(9)2-1-5-16-14/h1-7,18H,8H2,(H,16,17). The zero-order valence-electron chi connectivity index (χ0n) is 12.1. The van der Waals surface area contributed by atoms with Crippen molar-refractivity contribution in [1.82, 2.24) is 14.7 Å². The van der Waals surface area contributed by atoms with E-state index >= 15 is 0 Å². The highest BCUT2D eigenvalue weighted by Crippen LogP contribution is 2.26. The van der Waals surface area contributed by atoms with E-state index in [1.165, 1.54) is 6.07 Å². The first kappa shape index (κ1) is 16.4. The molecule has 0 aliphatic rings. The van der Waals surface area contributed by atoms with Gasteiger partial charge in [-0.3, -0.25) is 10.1 Å². The second-order valence-corrected chi connectivity index (χ2v) is 7.05. The molecule has 0 saturated carbocycles. The van der Waals surface area contributed by atoms with Crippen LogP contribution in [-0.2, 0) is 16.6 Å². The van der Waals surface area contributed by atoms with Crippen LogP contribution < -0.4 is 4.72 Å². The molecule has 10 heteroatoms. The minimum absolute atomic E-state index is 0.00690. The number of hydrogen-bond donors (Lipinski definition) is 2. The number of rotatable bonds is 5. The molecule has 0 atom stereocenters. The predicted octanol–water partition coefficient (Wildman–Crippen LogP) is 2.60. The van der Waals surface area contributed by atoms with Crippen molar-refractivity contribution in [1.29, 1.82) is 0 Å². The number of H-pyrrole nitrogens is 1. The Kier molecular flexibility index (Phi) is 4.22. The van der Waals surface area contributed by atoms with E-state index in [1.807, 2.05) is 6.07 Å². The molecule has 0 unspecified atom stereocenters. The summed E-state index contributed by atoms with van der Waals surface area (Å²) < 4.78 is 27.2. The molecule has 2 heterocycles. The maximum absolute atomic E-state index is 12.4. The number of aromatic nitrogens is 2. The van der Waals surface area contributed by atoms with Crippen LogP contribution in [0.4, 0.5) is 5.69 Å². The van der Waals surface area contributed by atoms with E-state index in [0.29, 0.717) is 11.2 Å². The van der Waals surface area contributed by atoms with Gasteiger partial charge in [0.25, 0.3) is 5.69 Å². The summed E-state index contributed by atoms with van der Waals surface area (Å²) in [4.78, 5) is 16.9. The van der Waals surface area contributed by atoms with Crippen LogP contribution in [0.2, 0.25) is 5.02 Å². The molecule has 0 bridgehead atoms. The summed E-state index contributed by atoms with van der Waals surface area (Å²) in [5.74, 6) is 0. The van der Waals surface area contributed by atoms with Gasteiger partial charge in [-0.15, -0.1) is 0 Å². The summed E-state index contributed by atoms with van der Waals surface area (Å²) >= 11 is 5.88. The van der Waals surface area contributed by atoms with Gasteiger partial charge in [-0.2, -0.15) is 0 Å². The summed E-state index contributed by atoms with van der Waals surface area (Å²) in [6, 6.07) is 6.81. The Hall–Kier alpha value is -2.49. The van der Waals surface area contributed by atoms with E-state index < -0.39 is 14.9 Å². The fraction of sp³-hybridized carbons (Fsp3) is 0.0714. The lowest BCUT2D eigenvalue weighted by Gasteiger charge is -2.08.